The molecule has 0 saturated heterocycles. The Kier molecular flexibility index (Phi) is 4.63. The summed E-state index contributed by atoms with van der Waals surface area (Å²) in [6.07, 6.45) is 5.94. The van der Waals surface area contributed by atoms with Gasteiger partial charge in [-0.15, -0.1) is 5.92 Å². The van der Waals surface area contributed by atoms with Gasteiger partial charge in [-0.1, -0.05) is 18.1 Å². The van der Waals surface area contributed by atoms with Gasteiger partial charge in [0.25, 0.3) is 0 Å². The number of allylic oxidation sites excluding steroid dienone is 4. The summed E-state index contributed by atoms with van der Waals surface area (Å²) in [6.45, 7) is 5.86. The number of hydrogen-bond acceptors (Lipinski definition) is 0. The smallest absolute Gasteiger partial charge is 0.00235 e. The van der Waals surface area contributed by atoms with Gasteiger partial charge in [0, 0.05) is 0 Å². The van der Waals surface area contributed by atoms with Crippen molar-refractivity contribution >= 4 is 0 Å². The second-order valence-corrected chi connectivity index (χ2v) is 1.78. The Morgan fingerprint density at radius 3 is 2.56 bits per heavy atom. The molecule has 48 valence electrons. The fourth-order valence-electron chi connectivity index (χ4n) is 0.497. The minimum Gasteiger partial charge on any atom is -0.102 e. The molecule has 0 unspecified atom stereocenters. The lowest BCUT2D eigenvalue weighted by atomic mass is 10.2. The van der Waals surface area contributed by atoms with Crippen molar-refractivity contribution in [3.63, 3.8) is 0 Å². The molecular weight excluding hydrogens is 108 g/mol. The van der Waals surface area contributed by atoms with Gasteiger partial charge in [-0.25, -0.2) is 0 Å². The van der Waals surface area contributed by atoms with Crippen LogP contribution in [0, 0.1) is 11.8 Å². The zero-order valence-electron chi connectivity index (χ0n) is 6.23. The Morgan fingerprint density at radius 2 is 2.11 bits per heavy atom. The van der Waals surface area contributed by atoms with Crippen molar-refractivity contribution in [1.82, 2.24) is 0 Å². The first kappa shape index (κ1) is 8.04. The molecule has 0 heterocycles. The van der Waals surface area contributed by atoms with Crippen LogP contribution in [-0.2, 0) is 0 Å². The van der Waals surface area contributed by atoms with Gasteiger partial charge < -0.3 is 0 Å². The summed E-state index contributed by atoms with van der Waals surface area (Å²) in [6, 6.07) is 0. The molecule has 0 rings (SSSR count). The molecule has 0 aliphatic heterocycles. The van der Waals surface area contributed by atoms with Crippen LogP contribution in [-0.4, -0.2) is 0 Å². The molecule has 0 radical (unpaired) electrons. The largest absolute Gasteiger partial charge is 0.102 e. The summed E-state index contributed by atoms with van der Waals surface area (Å²) in [7, 11) is 0. The molecule has 0 aliphatic rings. The second-order valence-electron chi connectivity index (χ2n) is 1.78. The molecule has 0 heteroatoms. The molecule has 9 heavy (non-hydrogen) atoms. The zero-order chi connectivity index (χ0) is 7.11. The molecule has 0 spiro atoms. The van der Waals surface area contributed by atoms with E-state index in [1.807, 2.05) is 39.0 Å². The summed E-state index contributed by atoms with van der Waals surface area (Å²) in [5, 5.41) is 0. The van der Waals surface area contributed by atoms with Crippen LogP contribution < -0.4 is 0 Å². The van der Waals surface area contributed by atoms with Crippen molar-refractivity contribution in [3.8, 4) is 11.8 Å². The Balaban J connectivity index is 3.94. The number of rotatable bonds is 1. The fourth-order valence-corrected chi connectivity index (χ4v) is 0.497. The normalized spacial score (nSPS) is 11.2. The van der Waals surface area contributed by atoms with Gasteiger partial charge in [0.1, 0.15) is 0 Å². The van der Waals surface area contributed by atoms with E-state index in [0.717, 1.165) is 0 Å². The Hall–Kier alpha value is -0.960. The molecule has 0 saturated carbocycles. The average Bonchev–Trinajstić information content (AvgIpc) is 1.85. The lowest BCUT2D eigenvalue weighted by molar-refractivity contribution is 1.51. The Labute approximate surface area is 57.3 Å². The summed E-state index contributed by atoms with van der Waals surface area (Å²) in [5.74, 6) is 5.67. The summed E-state index contributed by atoms with van der Waals surface area (Å²) in [5.41, 5.74) is 1.20. The lowest BCUT2D eigenvalue weighted by Gasteiger charge is -1.81. The van der Waals surface area contributed by atoms with Crippen LogP contribution in [0.4, 0.5) is 0 Å². The maximum atomic E-state index is 2.87. The first-order valence-corrected chi connectivity index (χ1v) is 3.03. The van der Waals surface area contributed by atoms with Gasteiger partial charge in [0.05, 0.1) is 0 Å². The van der Waals surface area contributed by atoms with Crippen molar-refractivity contribution in [1.29, 1.82) is 0 Å². The van der Waals surface area contributed by atoms with Crippen molar-refractivity contribution in [2.45, 2.75) is 20.8 Å². The van der Waals surface area contributed by atoms with Gasteiger partial charge in [0.2, 0.25) is 0 Å². The minimum absolute atomic E-state index is 1.20. The van der Waals surface area contributed by atoms with Crippen molar-refractivity contribution < 1.29 is 0 Å². The molecule has 0 aromatic rings. The van der Waals surface area contributed by atoms with E-state index in [9.17, 15) is 0 Å². The highest BCUT2D eigenvalue weighted by molar-refractivity contribution is 5.26. The van der Waals surface area contributed by atoms with Crippen molar-refractivity contribution in [2.24, 2.45) is 0 Å². The molecular formula is C9H12. The van der Waals surface area contributed by atoms with Crippen LogP contribution in [0.25, 0.3) is 0 Å². The van der Waals surface area contributed by atoms with E-state index in [2.05, 4.69) is 11.8 Å². The van der Waals surface area contributed by atoms with Gasteiger partial charge in [-0.3, -0.25) is 0 Å². The lowest BCUT2D eigenvalue weighted by Crippen LogP contribution is -1.63. The predicted octanol–water partition coefficient (Wildman–Crippen LogP) is 2.53. The van der Waals surface area contributed by atoms with Gasteiger partial charge in [-0.2, -0.15) is 0 Å². The van der Waals surface area contributed by atoms with E-state index in [4.69, 9.17) is 0 Å². The number of hydrogen-bond donors (Lipinski definition) is 0. The molecule has 0 aromatic carbocycles. The van der Waals surface area contributed by atoms with Crippen molar-refractivity contribution in [2.75, 3.05) is 0 Å². The minimum atomic E-state index is 1.20. The van der Waals surface area contributed by atoms with Crippen LogP contribution in [0.2, 0.25) is 0 Å². The van der Waals surface area contributed by atoms with E-state index < -0.39 is 0 Å². The van der Waals surface area contributed by atoms with Gasteiger partial charge in [0.15, 0.2) is 0 Å². The van der Waals surface area contributed by atoms with E-state index in [-0.39, 0.29) is 0 Å². The van der Waals surface area contributed by atoms with Crippen LogP contribution in [0.15, 0.2) is 23.8 Å². The second kappa shape index (κ2) is 5.18. The summed E-state index contributed by atoms with van der Waals surface area (Å²) >= 11 is 0. The third kappa shape index (κ3) is 4.90. The highest BCUT2D eigenvalue weighted by Gasteiger charge is 1.72. The Morgan fingerprint density at radius 1 is 1.44 bits per heavy atom. The van der Waals surface area contributed by atoms with Crippen LogP contribution >= 0.6 is 0 Å². The molecule has 0 aromatic heterocycles. The quantitative estimate of drug-likeness (QED) is 0.368. The third-order valence-corrected chi connectivity index (χ3v) is 0.874. The Bertz CT molecular complexity index is 172. The summed E-state index contributed by atoms with van der Waals surface area (Å²) in [4.78, 5) is 0. The van der Waals surface area contributed by atoms with E-state index in [1.54, 1.807) is 0 Å². The van der Waals surface area contributed by atoms with Crippen LogP contribution in [0.3, 0.4) is 0 Å². The molecule has 0 amide bonds. The topological polar surface area (TPSA) is 0 Å². The van der Waals surface area contributed by atoms with E-state index in [1.165, 1.54) is 5.57 Å². The SMILES string of the molecule is CC#C/C=C(C)\C=C/C. The zero-order valence-corrected chi connectivity index (χ0v) is 6.23. The monoisotopic (exact) mass is 120 g/mol. The molecule has 0 atom stereocenters. The molecule has 0 bridgehead atoms. The van der Waals surface area contributed by atoms with Crippen molar-refractivity contribution in [3.05, 3.63) is 23.8 Å². The first-order valence-electron chi connectivity index (χ1n) is 3.03. The van der Waals surface area contributed by atoms with Gasteiger partial charge in [-0.05, 0) is 32.4 Å². The summed E-state index contributed by atoms with van der Waals surface area (Å²) < 4.78 is 0. The molecule has 0 aliphatic carbocycles. The standard InChI is InChI=1S/C9H12/c1-4-6-8-9(3)7-5-2/h5,7-8H,1-3H3/b7-5-,9-8-. The highest BCUT2D eigenvalue weighted by atomic mass is 13.8. The maximum absolute atomic E-state index is 2.87. The third-order valence-electron chi connectivity index (χ3n) is 0.874. The molecule has 0 fully saturated rings. The van der Waals surface area contributed by atoms with Crippen LogP contribution in [0.1, 0.15) is 20.8 Å². The van der Waals surface area contributed by atoms with E-state index in [0.29, 0.717) is 0 Å². The highest BCUT2D eigenvalue weighted by Crippen LogP contribution is 1.91. The fraction of sp³-hybridized carbons (Fsp3) is 0.333. The molecule has 0 nitrogen and oxygen atoms in total. The van der Waals surface area contributed by atoms with E-state index >= 15 is 0 Å². The predicted molar refractivity (Wildman–Crippen MR) is 42.0 cm³/mol. The maximum Gasteiger partial charge on any atom is -0.00235 e. The first-order chi connectivity index (χ1) is 4.31. The molecule has 0 N–H and O–H groups in total. The van der Waals surface area contributed by atoms with Crippen LogP contribution in [0.5, 0.6) is 0 Å². The van der Waals surface area contributed by atoms with Gasteiger partial charge >= 0.3 is 0 Å². The average molecular weight is 120 g/mol.